The zero-order valence-corrected chi connectivity index (χ0v) is 14.9. The van der Waals surface area contributed by atoms with Gasteiger partial charge in [0.15, 0.2) is 11.8 Å². The molecule has 1 unspecified atom stereocenters. The number of hydrogen-bond donors (Lipinski definition) is 4. The Hall–Kier alpha value is -1.68. The summed E-state index contributed by atoms with van der Waals surface area (Å²) in [6.45, 7) is 0. The Morgan fingerprint density at radius 2 is 2.04 bits per heavy atom. The van der Waals surface area contributed by atoms with Crippen molar-refractivity contribution in [3.8, 4) is 0 Å². The summed E-state index contributed by atoms with van der Waals surface area (Å²) in [7, 11) is 6.47. The van der Waals surface area contributed by atoms with Crippen molar-refractivity contribution in [2.24, 2.45) is 0 Å². The highest BCUT2D eigenvalue weighted by Gasteiger charge is 2.46. The molecule has 1 atom stereocenters. The highest BCUT2D eigenvalue weighted by molar-refractivity contribution is 9.10. The maximum Gasteiger partial charge on any atom is 0.341 e. The third-order valence-electron chi connectivity index (χ3n) is 3.97. The number of methoxy groups -OCH3 is 1. The van der Waals surface area contributed by atoms with Gasteiger partial charge in [0.25, 0.3) is 0 Å². The second-order valence-electron chi connectivity index (χ2n) is 4.92. The van der Waals surface area contributed by atoms with Crippen molar-refractivity contribution < 1.29 is 14.3 Å². The van der Waals surface area contributed by atoms with Crippen LogP contribution in [0.1, 0.15) is 10.4 Å². The van der Waals surface area contributed by atoms with Crippen LogP contribution in [-0.2, 0) is 9.53 Å². The number of fused-ring (bicyclic) bond motifs is 1. The third kappa shape index (κ3) is 2.69. The lowest BCUT2D eigenvalue weighted by Crippen LogP contribution is -2.75. The van der Waals surface area contributed by atoms with Crippen molar-refractivity contribution in [1.29, 1.82) is 0 Å². The van der Waals surface area contributed by atoms with E-state index in [9.17, 15) is 9.59 Å². The summed E-state index contributed by atoms with van der Waals surface area (Å²) in [5.74, 6) is -1.40. The number of anilines is 2. The molecule has 0 spiro atoms. The number of halogens is 1. The lowest BCUT2D eigenvalue weighted by atomic mass is 10.0. The summed E-state index contributed by atoms with van der Waals surface area (Å²) >= 11 is 3.38. The van der Waals surface area contributed by atoms with Crippen LogP contribution in [-0.4, -0.2) is 52.3 Å². The fraction of sp³-hybridized carbons (Fsp3) is 0.429. The van der Waals surface area contributed by atoms with Gasteiger partial charge >= 0.3 is 5.97 Å². The minimum Gasteiger partial charge on any atom is -0.465 e. The number of hydrazine groups is 1. The van der Waals surface area contributed by atoms with E-state index in [1.807, 2.05) is 6.07 Å². The van der Waals surface area contributed by atoms with Gasteiger partial charge in [-0.3, -0.25) is 15.6 Å². The molecule has 1 heterocycles. The lowest BCUT2D eigenvalue weighted by molar-refractivity contribution is -0.110. The molecule has 0 saturated heterocycles. The van der Waals surface area contributed by atoms with Crippen molar-refractivity contribution in [1.82, 2.24) is 16.1 Å². The summed E-state index contributed by atoms with van der Waals surface area (Å²) in [6.07, 6.45) is 0.793. The third-order valence-corrected chi connectivity index (χ3v) is 4.63. The fourth-order valence-electron chi connectivity index (χ4n) is 2.79. The molecule has 0 radical (unpaired) electrons. The van der Waals surface area contributed by atoms with E-state index in [2.05, 4.69) is 37.3 Å². The molecule has 0 aliphatic carbocycles. The number of rotatable bonds is 5. The van der Waals surface area contributed by atoms with Crippen molar-refractivity contribution in [3.05, 3.63) is 22.2 Å². The fourth-order valence-corrected chi connectivity index (χ4v) is 3.27. The number of hydrogen-bond acceptors (Lipinski definition) is 8. The first-order chi connectivity index (χ1) is 11.0. The Morgan fingerprint density at radius 1 is 1.39 bits per heavy atom. The Balaban J connectivity index is 2.74. The van der Waals surface area contributed by atoms with Gasteiger partial charge in [0, 0.05) is 11.5 Å². The van der Waals surface area contributed by atoms with Gasteiger partial charge in [-0.25, -0.2) is 10.2 Å². The summed E-state index contributed by atoms with van der Waals surface area (Å²) < 4.78 is 5.46. The van der Waals surface area contributed by atoms with Gasteiger partial charge in [0.2, 0.25) is 0 Å². The van der Waals surface area contributed by atoms with E-state index < -0.39 is 17.8 Å². The van der Waals surface area contributed by atoms with Crippen LogP contribution in [0.25, 0.3) is 0 Å². The molecule has 1 aromatic carbocycles. The molecule has 0 bridgehead atoms. The minimum atomic E-state index is -0.904. The van der Waals surface area contributed by atoms with Crippen LogP contribution in [0.3, 0.4) is 0 Å². The van der Waals surface area contributed by atoms with Gasteiger partial charge in [-0.15, -0.1) is 0 Å². The van der Waals surface area contributed by atoms with E-state index in [0.29, 0.717) is 21.4 Å². The van der Waals surface area contributed by atoms with Crippen molar-refractivity contribution >= 4 is 39.6 Å². The number of aldehydes is 1. The molecule has 8 nitrogen and oxygen atoms in total. The maximum absolute atomic E-state index is 12.2. The number of likely N-dealkylation sites (N-methyl/N-ethyl adjacent to an activating group) is 2. The predicted octanol–water partition coefficient (Wildman–Crippen LogP) is 0.262. The summed E-state index contributed by atoms with van der Waals surface area (Å²) in [5, 5.41) is 11.1. The largest absolute Gasteiger partial charge is 0.465 e. The highest BCUT2D eigenvalue weighted by atomic mass is 79.9. The first-order valence-electron chi connectivity index (χ1n) is 6.98. The average molecular weight is 386 g/mol. The lowest BCUT2D eigenvalue weighted by Gasteiger charge is -2.49. The van der Waals surface area contributed by atoms with E-state index in [0.717, 1.165) is 6.29 Å². The second kappa shape index (κ2) is 6.83. The van der Waals surface area contributed by atoms with Gasteiger partial charge in [0.1, 0.15) is 11.8 Å². The second-order valence-corrected chi connectivity index (χ2v) is 5.77. The topological polar surface area (TPSA) is 94.7 Å². The molecule has 0 amide bonds. The Labute approximate surface area is 143 Å². The SMILES string of the molecule is CNN1c2c(ccc(Br)c2C(=O)OC)NC(NC)(NC)C1C=O. The maximum atomic E-state index is 12.2. The smallest absolute Gasteiger partial charge is 0.341 e. The van der Waals surface area contributed by atoms with Crippen LogP contribution >= 0.6 is 15.9 Å². The quantitative estimate of drug-likeness (QED) is 0.325. The monoisotopic (exact) mass is 385 g/mol. The Morgan fingerprint density at radius 3 is 2.52 bits per heavy atom. The number of nitrogens with one attached hydrogen (secondary N) is 4. The molecule has 0 saturated carbocycles. The van der Waals surface area contributed by atoms with Gasteiger partial charge in [-0.2, -0.15) is 0 Å². The Kier molecular flexibility index (Phi) is 5.25. The number of nitrogens with zero attached hydrogens (tertiary/aromatic N) is 1. The first kappa shape index (κ1) is 17.7. The number of carbonyl (C=O) groups excluding carboxylic acids is 2. The number of esters is 1. The van der Waals surface area contributed by atoms with Crippen molar-refractivity contribution in [3.63, 3.8) is 0 Å². The molecule has 4 N–H and O–H groups in total. The Bertz CT molecular complexity index is 621. The van der Waals surface area contributed by atoms with E-state index in [1.165, 1.54) is 7.11 Å². The highest BCUT2D eigenvalue weighted by Crippen LogP contribution is 2.41. The summed E-state index contributed by atoms with van der Waals surface area (Å²) in [4.78, 5) is 24.0. The number of carbonyl (C=O) groups is 2. The van der Waals surface area contributed by atoms with Gasteiger partial charge < -0.3 is 14.8 Å². The first-order valence-corrected chi connectivity index (χ1v) is 7.77. The molecule has 9 heteroatoms. The molecule has 0 aromatic heterocycles. The van der Waals surface area contributed by atoms with Gasteiger partial charge in [0.05, 0.1) is 18.5 Å². The van der Waals surface area contributed by atoms with E-state index in [-0.39, 0.29) is 0 Å². The number of ether oxygens (including phenoxy) is 1. The zero-order chi connectivity index (χ0) is 17.2. The summed E-state index contributed by atoms with van der Waals surface area (Å²) in [6, 6.07) is 2.90. The number of benzene rings is 1. The molecule has 1 aliphatic heterocycles. The van der Waals surface area contributed by atoms with Crippen LogP contribution in [0.15, 0.2) is 16.6 Å². The normalized spacial score (nSPS) is 18.8. The predicted molar refractivity (Wildman–Crippen MR) is 91.3 cm³/mol. The van der Waals surface area contributed by atoms with E-state index in [1.54, 1.807) is 32.2 Å². The molecule has 126 valence electrons. The molecular formula is C14H20BrN5O3. The zero-order valence-electron chi connectivity index (χ0n) is 13.4. The van der Waals surface area contributed by atoms with E-state index >= 15 is 0 Å². The van der Waals surface area contributed by atoms with Gasteiger partial charge in [-0.05, 0) is 42.2 Å². The summed E-state index contributed by atoms with van der Waals surface area (Å²) in [5.41, 5.74) is 4.52. The molecule has 2 rings (SSSR count). The average Bonchev–Trinajstić information content (AvgIpc) is 2.59. The van der Waals surface area contributed by atoms with Crippen LogP contribution in [0.5, 0.6) is 0 Å². The molecular weight excluding hydrogens is 366 g/mol. The minimum absolute atomic E-state index is 0.333. The van der Waals surface area contributed by atoms with E-state index in [4.69, 9.17) is 4.74 Å². The molecule has 0 fully saturated rings. The van der Waals surface area contributed by atoms with Crippen LogP contribution < -0.4 is 26.4 Å². The van der Waals surface area contributed by atoms with Crippen molar-refractivity contribution in [2.45, 2.75) is 11.8 Å². The molecule has 1 aromatic rings. The molecule has 1 aliphatic rings. The van der Waals surface area contributed by atoms with Crippen LogP contribution in [0, 0.1) is 0 Å². The standard InChI is InChI=1S/C14H20BrN5O3/c1-16-14(17-2)10(7-21)20(18-3)12-9(19-14)6-5-8(15)11(12)13(22)23-4/h5-7,10,16-19H,1-4H3. The van der Waals surface area contributed by atoms with Crippen LogP contribution in [0.4, 0.5) is 11.4 Å². The molecule has 23 heavy (non-hydrogen) atoms. The van der Waals surface area contributed by atoms with Gasteiger partial charge in [-0.1, -0.05) is 0 Å². The van der Waals surface area contributed by atoms with Crippen molar-refractivity contribution in [2.75, 3.05) is 38.6 Å². The van der Waals surface area contributed by atoms with Crippen LogP contribution in [0.2, 0.25) is 0 Å².